The van der Waals surface area contributed by atoms with E-state index >= 15 is 0 Å². The van der Waals surface area contributed by atoms with Gasteiger partial charge in [0.1, 0.15) is 5.75 Å². The molecule has 8 heteroatoms. The summed E-state index contributed by atoms with van der Waals surface area (Å²) in [6, 6.07) is 12.7. The first-order chi connectivity index (χ1) is 16.0. The number of amides is 2. The van der Waals surface area contributed by atoms with E-state index in [1.165, 1.54) is 7.11 Å². The van der Waals surface area contributed by atoms with Crippen LogP contribution in [0.4, 0.5) is 11.4 Å². The number of carbonyl (C=O) groups excluding carboxylic acids is 3. The molecule has 33 heavy (non-hydrogen) atoms. The van der Waals surface area contributed by atoms with Crippen LogP contribution in [-0.4, -0.2) is 38.0 Å². The summed E-state index contributed by atoms with van der Waals surface area (Å²) in [6.07, 6.45) is 3.78. The fourth-order valence-electron chi connectivity index (χ4n) is 4.68. The van der Waals surface area contributed by atoms with Crippen molar-refractivity contribution in [3.05, 3.63) is 53.1 Å². The van der Waals surface area contributed by atoms with Crippen LogP contribution in [0.3, 0.4) is 0 Å². The molecule has 0 bridgehead atoms. The maximum atomic E-state index is 13.4. The molecule has 2 atom stereocenters. The van der Waals surface area contributed by atoms with Crippen LogP contribution in [0.5, 0.6) is 5.75 Å². The highest BCUT2D eigenvalue weighted by molar-refractivity contribution is 6.31. The van der Waals surface area contributed by atoms with E-state index < -0.39 is 30.3 Å². The average molecular weight is 471 g/mol. The lowest BCUT2D eigenvalue weighted by molar-refractivity contribution is -0.156. The molecule has 2 aromatic carbocycles. The largest absolute Gasteiger partial charge is 0.495 e. The number of benzene rings is 2. The predicted octanol–water partition coefficient (Wildman–Crippen LogP) is 4.23. The second-order valence-corrected chi connectivity index (χ2v) is 8.80. The Bertz CT molecular complexity index is 1060. The Hall–Kier alpha value is -3.06. The van der Waals surface area contributed by atoms with Gasteiger partial charge in [0.05, 0.1) is 24.6 Å². The molecular formula is C25H27ClN2O5. The van der Waals surface area contributed by atoms with Gasteiger partial charge in [0, 0.05) is 17.3 Å². The molecule has 0 spiro atoms. The van der Waals surface area contributed by atoms with Gasteiger partial charge in [-0.1, -0.05) is 42.6 Å². The fourth-order valence-corrected chi connectivity index (χ4v) is 4.86. The molecule has 2 aromatic rings. The van der Waals surface area contributed by atoms with E-state index in [1.54, 1.807) is 23.1 Å². The van der Waals surface area contributed by atoms with Gasteiger partial charge in [-0.2, -0.15) is 0 Å². The molecule has 0 saturated heterocycles. The summed E-state index contributed by atoms with van der Waals surface area (Å²) in [6.45, 7) is 0.179. The van der Waals surface area contributed by atoms with E-state index in [0.29, 0.717) is 35.8 Å². The van der Waals surface area contributed by atoms with Crippen molar-refractivity contribution in [2.45, 2.75) is 32.1 Å². The number of halogens is 1. The fraction of sp³-hybridized carbons (Fsp3) is 0.400. The molecule has 1 heterocycles. The van der Waals surface area contributed by atoms with Crippen molar-refractivity contribution >= 4 is 40.8 Å². The Morgan fingerprint density at radius 1 is 1.09 bits per heavy atom. The lowest BCUT2D eigenvalue weighted by Crippen LogP contribution is -2.42. The zero-order valence-corrected chi connectivity index (χ0v) is 19.3. The number of esters is 1. The van der Waals surface area contributed by atoms with Gasteiger partial charge in [0.15, 0.2) is 6.61 Å². The van der Waals surface area contributed by atoms with E-state index in [2.05, 4.69) is 5.32 Å². The normalized spacial score (nSPS) is 19.5. The minimum absolute atomic E-state index is 0.0327. The average Bonchev–Trinajstić information content (AvgIpc) is 3.26. The van der Waals surface area contributed by atoms with Crippen LogP contribution in [0.2, 0.25) is 5.02 Å². The SMILES string of the molecule is COc1ccc(Cl)cc1NC(=O)COC(=O)C1CCCCC1C(=O)N1CCc2ccccc21. The monoisotopic (exact) mass is 470 g/mol. The van der Waals surface area contributed by atoms with Gasteiger partial charge in [0.25, 0.3) is 5.91 Å². The lowest BCUT2D eigenvalue weighted by atomic mass is 9.78. The standard InChI is InChI=1S/C25H27ClN2O5/c1-32-22-11-10-17(26)14-20(22)27-23(29)15-33-25(31)19-8-4-3-7-18(19)24(30)28-13-12-16-6-2-5-9-21(16)28/h2,5-6,9-11,14,18-19H,3-4,7-8,12-13,15H2,1H3,(H,27,29). The zero-order chi connectivity index (χ0) is 23.4. The summed E-state index contributed by atoms with van der Waals surface area (Å²) in [5, 5.41) is 3.09. The molecular weight excluding hydrogens is 444 g/mol. The second kappa shape index (κ2) is 10.3. The third-order valence-electron chi connectivity index (χ3n) is 6.32. The van der Waals surface area contributed by atoms with Crippen molar-refractivity contribution in [1.29, 1.82) is 0 Å². The van der Waals surface area contributed by atoms with Gasteiger partial charge < -0.3 is 19.7 Å². The topological polar surface area (TPSA) is 84.9 Å². The summed E-state index contributed by atoms with van der Waals surface area (Å²) in [5.74, 6) is -1.58. The Kier molecular flexibility index (Phi) is 7.18. The third-order valence-corrected chi connectivity index (χ3v) is 6.56. The van der Waals surface area contributed by atoms with Crippen LogP contribution in [-0.2, 0) is 25.5 Å². The predicted molar refractivity (Wildman–Crippen MR) is 126 cm³/mol. The minimum Gasteiger partial charge on any atom is -0.495 e. The van der Waals surface area contributed by atoms with Gasteiger partial charge in [-0.25, -0.2) is 0 Å². The minimum atomic E-state index is -0.549. The summed E-state index contributed by atoms with van der Waals surface area (Å²) in [4.78, 5) is 40.4. The van der Waals surface area contributed by atoms with Gasteiger partial charge in [-0.05, 0) is 49.1 Å². The zero-order valence-electron chi connectivity index (χ0n) is 18.5. The van der Waals surface area contributed by atoms with Crippen LogP contribution >= 0.6 is 11.6 Å². The lowest BCUT2D eigenvalue weighted by Gasteiger charge is -2.32. The first kappa shape index (κ1) is 23.1. The molecule has 2 unspecified atom stereocenters. The molecule has 4 rings (SSSR count). The molecule has 1 N–H and O–H groups in total. The number of fused-ring (bicyclic) bond motifs is 1. The van der Waals surface area contributed by atoms with Crippen molar-refractivity contribution in [3.63, 3.8) is 0 Å². The number of hydrogen-bond donors (Lipinski definition) is 1. The summed E-state index contributed by atoms with van der Waals surface area (Å²) in [7, 11) is 1.48. The van der Waals surface area contributed by atoms with Crippen molar-refractivity contribution < 1.29 is 23.9 Å². The number of hydrogen-bond acceptors (Lipinski definition) is 5. The third kappa shape index (κ3) is 5.14. The number of nitrogens with zero attached hydrogens (tertiary/aromatic N) is 1. The molecule has 1 fully saturated rings. The van der Waals surface area contributed by atoms with E-state index in [1.807, 2.05) is 24.3 Å². The van der Waals surface area contributed by atoms with Crippen molar-refractivity contribution in [1.82, 2.24) is 0 Å². The first-order valence-electron chi connectivity index (χ1n) is 11.2. The highest BCUT2D eigenvalue weighted by Gasteiger charge is 2.40. The number of para-hydroxylation sites is 1. The molecule has 1 saturated carbocycles. The molecule has 2 aliphatic rings. The van der Waals surface area contributed by atoms with Crippen LogP contribution in [0, 0.1) is 11.8 Å². The smallest absolute Gasteiger partial charge is 0.310 e. The van der Waals surface area contributed by atoms with Crippen LogP contribution in [0.15, 0.2) is 42.5 Å². The summed E-state index contributed by atoms with van der Waals surface area (Å²) < 4.78 is 10.5. The molecule has 0 aromatic heterocycles. The maximum absolute atomic E-state index is 13.4. The summed E-state index contributed by atoms with van der Waals surface area (Å²) in [5.41, 5.74) is 2.47. The van der Waals surface area contributed by atoms with E-state index in [0.717, 1.165) is 30.5 Å². The van der Waals surface area contributed by atoms with Crippen LogP contribution in [0.25, 0.3) is 0 Å². The number of ether oxygens (including phenoxy) is 2. The number of anilines is 2. The number of carbonyl (C=O) groups is 3. The number of nitrogens with one attached hydrogen (secondary N) is 1. The molecule has 2 amide bonds. The molecule has 0 radical (unpaired) electrons. The van der Waals surface area contributed by atoms with Gasteiger partial charge in [-0.15, -0.1) is 0 Å². The van der Waals surface area contributed by atoms with Crippen molar-refractivity contribution in [3.8, 4) is 5.75 Å². The van der Waals surface area contributed by atoms with E-state index in [9.17, 15) is 14.4 Å². The highest BCUT2D eigenvalue weighted by Crippen LogP contribution is 2.36. The van der Waals surface area contributed by atoms with Crippen molar-refractivity contribution in [2.75, 3.05) is 30.5 Å². The van der Waals surface area contributed by atoms with Crippen LogP contribution in [0.1, 0.15) is 31.2 Å². The molecule has 7 nitrogen and oxygen atoms in total. The quantitative estimate of drug-likeness (QED) is 0.639. The van der Waals surface area contributed by atoms with Gasteiger partial charge in [-0.3, -0.25) is 14.4 Å². The van der Waals surface area contributed by atoms with E-state index in [4.69, 9.17) is 21.1 Å². The van der Waals surface area contributed by atoms with Crippen molar-refractivity contribution in [2.24, 2.45) is 11.8 Å². The highest BCUT2D eigenvalue weighted by atomic mass is 35.5. The van der Waals surface area contributed by atoms with E-state index in [-0.39, 0.29) is 5.91 Å². The van der Waals surface area contributed by atoms with Gasteiger partial charge in [0.2, 0.25) is 5.91 Å². The Morgan fingerprint density at radius 3 is 2.64 bits per heavy atom. The Balaban J connectivity index is 1.38. The molecule has 174 valence electrons. The van der Waals surface area contributed by atoms with Gasteiger partial charge >= 0.3 is 5.97 Å². The number of rotatable bonds is 6. The maximum Gasteiger partial charge on any atom is 0.310 e. The molecule has 1 aliphatic heterocycles. The second-order valence-electron chi connectivity index (χ2n) is 8.37. The Morgan fingerprint density at radius 2 is 1.85 bits per heavy atom. The van der Waals surface area contributed by atoms with Crippen LogP contribution < -0.4 is 15.0 Å². The molecule has 1 aliphatic carbocycles. The number of methoxy groups -OCH3 is 1. The first-order valence-corrected chi connectivity index (χ1v) is 11.5. The summed E-state index contributed by atoms with van der Waals surface area (Å²) >= 11 is 5.99. The Labute approximate surface area is 198 Å².